The number of nitrogens with two attached hydrogens (primary N) is 2. The topological polar surface area (TPSA) is 78.3 Å². The minimum Gasteiger partial charge on any atom is -0.444 e. The zero-order chi connectivity index (χ0) is 9.49. The summed E-state index contributed by atoms with van der Waals surface area (Å²) in [5.74, 6) is 0. The highest BCUT2D eigenvalue weighted by atomic mass is 16.6. The van der Waals surface area contributed by atoms with E-state index in [9.17, 15) is 4.79 Å². The largest absolute Gasteiger partial charge is 0.444 e. The molecule has 0 heterocycles. The second-order valence-electron chi connectivity index (χ2n) is 2.94. The van der Waals surface area contributed by atoms with Crippen molar-refractivity contribution in [3.8, 4) is 0 Å². The predicted octanol–water partition coefficient (Wildman–Crippen LogP) is 0.845. The number of rotatable bonds is 0. The lowest BCUT2D eigenvalue weighted by Crippen LogP contribution is -2.27. The zero-order valence-electron chi connectivity index (χ0n) is 7.68. The van der Waals surface area contributed by atoms with Crippen LogP contribution in [0.25, 0.3) is 0 Å². The van der Waals surface area contributed by atoms with Crippen molar-refractivity contribution in [1.29, 1.82) is 0 Å². The fourth-order valence-corrected chi connectivity index (χ4v) is 0.302. The summed E-state index contributed by atoms with van der Waals surface area (Å²) in [5, 5.41) is 0. The van der Waals surface area contributed by atoms with Gasteiger partial charge >= 0.3 is 6.09 Å². The molecular formula is C7H18N2O2. The zero-order valence-corrected chi connectivity index (χ0v) is 7.68. The Balaban J connectivity index is 0. The van der Waals surface area contributed by atoms with Crippen molar-refractivity contribution in [2.45, 2.75) is 33.3 Å². The van der Waals surface area contributed by atoms with Crippen LogP contribution in [-0.4, -0.2) is 18.2 Å². The van der Waals surface area contributed by atoms with Crippen LogP contribution in [0.5, 0.6) is 0 Å². The molecule has 0 spiro atoms. The molecule has 0 saturated heterocycles. The molecule has 11 heavy (non-hydrogen) atoms. The van der Waals surface area contributed by atoms with E-state index in [1.807, 2.05) is 6.92 Å². The molecule has 68 valence electrons. The van der Waals surface area contributed by atoms with Crippen LogP contribution in [0, 0.1) is 0 Å². The van der Waals surface area contributed by atoms with Gasteiger partial charge < -0.3 is 16.2 Å². The Morgan fingerprint density at radius 3 is 1.73 bits per heavy atom. The molecule has 0 aromatic rings. The van der Waals surface area contributed by atoms with Gasteiger partial charge in [0.05, 0.1) is 0 Å². The normalized spacial score (nSPS) is 9.55. The summed E-state index contributed by atoms with van der Waals surface area (Å²) in [6, 6.07) is 0. The van der Waals surface area contributed by atoms with Crippen LogP contribution in [0.15, 0.2) is 0 Å². The molecule has 0 atom stereocenters. The van der Waals surface area contributed by atoms with Gasteiger partial charge in [0, 0.05) is 0 Å². The summed E-state index contributed by atoms with van der Waals surface area (Å²) in [4.78, 5) is 10.0. The summed E-state index contributed by atoms with van der Waals surface area (Å²) in [5.41, 5.74) is 9.11. The molecule has 0 aliphatic rings. The third kappa shape index (κ3) is 27.0. The van der Waals surface area contributed by atoms with E-state index in [2.05, 4.69) is 4.74 Å². The Hall–Kier alpha value is -0.770. The van der Waals surface area contributed by atoms with Gasteiger partial charge in [-0.3, -0.25) is 0 Å². The van der Waals surface area contributed by atoms with Gasteiger partial charge in [0.25, 0.3) is 0 Å². The molecular weight excluding hydrogens is 144 g/mol. The van der Waals surface area contributed by atoms with Crippen molar-refractivity contribution >= 4 is 6.09 Å². The molecule has 4 heteroatoms. The third-order valence-electron chi connectivity index (χ3n) is 0.407. The maximum absolute atomic E-state index is 10.0. The van der Waals surface area contributed by atoms with Gasteiger partial charge in [0.1, 0.15) is 5.60 Å². The molecule has 0 radical (unpaired) electrons. The van der Waals surface area contributed by atoms with Gasteiger partial charge in [-0.2, -0.15) is 0 Å². The van der Waals surface area contributed by atoms with Crippen LogP contribution >= 0.6 is 0 Å². The number of amides is 1. The summed E-state index contributed by atoms with van der Waals surface area (Å²) in [7, 11) is 0. The highest BCUT2D eigenvalue weighted by Crippen LogP contribution is 2.04. The van der Waals surface area contributed by atoms with Gasteiger partial charge in [-0.25, -0.2) is 4.79 Å². The highest BCUT2D eigenvalue weighted by molar-refractivity contribution is 5.65. The van der Waals surface area contributed by atoms with E-state index in [4.69, 9.17) is 11.5 Å². The molecule has 4 N–H and O–H groups in total. The van der Waals surface area contributed by atoms with Gasteiger partial charge in [0.2, 0.25) is 0 Å². The van der Waals surface area contributed by atoms with E-state index >= 15 is 0 Å². The first-order valence-corrected chi connectivity index (χ1v) is 3.52. The van der Waals surface area contributed by atoms with Gasteiger partial charge in [-0.1, -0.05) is 6.92 Å². The van der Waals surface area contributed by atoms with Crippen molar-refractivity contribution in [3.05, 3.63) is 0 Å². The Kier molecular flexibility index (Phi) is 6.99. The molecule has 0 unspecified atom stereocenters. The third-order valence-corrected chi connectivity index (χ3v) is 0.407. The molecule has 0 saturated carbocycles. The monoisotopic (exact) mass is 162 g/mol. The fourth-order valence-electron chi connectivity index (χ4n) is 0.302. The molecule has 4 nitrogen and oxygen atoms in total. The average Bonchev–Trinajstić information content (AvgIpc) is 1.57. The average molecular weight is 162 g/mol. The Labute approximate surface area is 67.9 Å². The smallest absolute Gasteiger partial charge is 0.405 e. The highest BCUT2D eigenvalue weighted by Gasteiger charge is 2.12. The van der Waals surface area contributed by atoms with Crippen molar-refractivity contribution in [3.63, 3.8) is 0 Å². The molecule has 0 aliphatic heterocycles. The molecule has 0 rings (SSSR count). The van der Waals surface area contributed by atoms with Crippen LogP contribution in [-0.2, 0) is 4.74 Å². The first-order valence-electron chi connectivity index (χ1n) is 3.52. The Morgan fingerprint density at radius 2 is 1.73 bits per heavy atom. The molecule has 0 fully saturated rings. The summed E-state index contributed by atoms with van der Waals surface area (Å²) in [6.07, 6.45) is -0.725. The van der Waals surface area contributed by atoms with Crippen molar-refractivity contribution in [1.82, 2.24) is 0 Å². The van der Waals surface area contributed by atoms with Crippen LogP contribution in [0.3, 0.4) is 0 Å². The first-order chi connectivity index (χ1) is 4.83. The predicted molar refractivity (Wildman–Crippen MR) is 45.1 cm³/mol. The van der Waals surface area contributed by atoms with Crippen LogP contribution in [0.2, 0.25) is 0 Å². The van der Waals surface area contributed by atoms with E-state index < -0.39 is 11.7 Å². The van der Waals surface area contributed by atoms with Crippen LogP contribution in [0.1, 0.15) is 27.7 Å². The standard InChI is InChI=1S/C5H11NO2.C2H7N/c1-5(2,3)8-4(6)7;1-2-3/h1-3H3,(H2,6,7);2-3H2,1H3. The van der Waals surface area contributed by atoms with E-state index in [1.54, 1.807) is 20.8 Å². The number of carbonyl (C=O) groups is 1. The summed E-state index contributed by atoms with van der Waals surface area (Å²) >= 11 is 0. The number of hydrogen-bond donors (Lipinski definition) is 2. The minimum atomic E-state index is -0.725. The van der Waals surface area contributed by atoms with Crippen LogP contribution in [0.4, 0.5) is 4.79 Å². The SMILES string of the molecule is CC(C)(C)OC(N)=O.CCN. The van der Waals surface area contributed by atoms with Crippen molar-refractivity contribution in [2.24, 2.45) is 11.5 Å². The van der Waals surface area contributed by atoms with E-state index in [1.165, 1.54) is 0 Å². The second-order valence-corrected chi connectivity index (χ2v) is 2.94. The minimum absolute atomic E-state index is 0.453. The molecule has 1 amide bonds. The van der Waals surface area contributed by atoms with E-state index in [-0.39, 0.29) is 0 Å². The number of carbonyl (C=O) groups excluding carboxylic acids is 1. The van der Waals surface area contributed by atoms with E-state index in [0.717, 1.165) is 6.54 Å². The van der Waals surface area contributed by atoms with Gasteiger partial charge in [-0.15, -0.1) is 0 Å². The van der Waals surface area contributed by atoms with Crippen molar-refractivity contribution < 1.29 is 9.53 Å². The Morgan fingerprint density at radius 1 is 1.45 bits per heavy atom. The first kappa shape index (κ1) is 12.9. The number of primary amides is 1. The molecule has 0 aromatic heterocycles. The van der Waals surface area contributed by atoms with Gasteiger partial charge in [-0.05, 0) is 27.3 Å². The maximum Gasteiger partial charge on any atom is 0.405 e. The Bertz CT molecular complexity index is 107. The summed E-state index contributed by atoms with van der Waals surface area (Å²) in [6.45, 7) is 7.94. The lowest BCUT2D eigenvalue weighted by atomic mass is 10.2. The van der Waals surface area contributed by atoms with Gasteiger partial charge in [0.15, 0.2) is 0 Å². The number of ether oxygens (including phenoxy) is 1. The number of hydrogen-bond acceptors (Lipinski definition) is 3. The second kappa shape index (κ2) is 5.97. The quantitative estimate of drug-likeness (QED) is 0.554. The lowest BCUT2D eigenvalue weighted by Gasteiger charge is -2.16. The maximum atomic E-state index is 10.0. The fraction of sp³-hybridized carbons (Fsp3) is 0.857. The molecule has 0 aliphatic carbocycles. The molecule has 0 aromatic carbocycles. The van der Waals surface area contributed by atoms with E-state index in [0.29, 0.717) is 0 Å². The molecule has 0 bridgehead atoms. The van der Waals surface area contributed by atoms with Crippen LogP contribution < -0.4 is 11.5 Å². The lowest BCUT2D eigenvalue weighted by molar-refractivity contribution is 0.0600. The summed E-state index contributed by atoms with van der Waals surface area (Å²) < 4.78 is 4.58. The van der Waals surface area contributed by atoms with Crippen molar-refractivity contribution in [2.75, 3.05) is 6.54 Å².